The van der Waals surface area contributed by atoms with E-state index in [0.29, 0.717) is 0 Å². The molecule has 0 aliphatic heterocycles. The van der Waals surface area contributed by atoms with E-state index in [9.17, 15) is 0 Å². The number of hydrogen-bond donors (Lipinski definition) is 1. The fourth-order valence-electron chi connectivity index (χ4n) is 2.18. The van der Waals surface area contributed by atoms with Gasteiger partial charge < -0.3 is 5.32 Å². The molecule has 0 bridgehead atoms. The van der Waals surface area contributed by atoms with Gasteiger partial charge in [-0.25, -0.2) is 0 Å². The standard InChI is InChI=1S/C14H23N3/c1-3-15-10-12-6-4-7-13(16-12)11-17(2)14-8-5-9-14/h4,6-7,14-15H,3,5,8-11H2,1-2H3. The van der Waals surface area contributed by atoms with Gasteiger partial charge in [-0.2, -0.15) is 0 Å². The van der Waals surface area contributed by atoms with E-state index in [1.165, 1.54) is 25.0 Å². The summed E-state index contributed by atoms with van der Waals surface area (Å²) >= 11 is 0. The fourth-order valence-corrected chi connectivity index (χ4v) is 2.18. The van der Waals surface area contributed by atoms with Crippen molar-refractivity contribution in [3.05, 3.63) is 29.6 Å². The lowest BCUT2D eigenvalue weighted by Gasteiger charge is -2.34. The largest absolute Gasteiger partial charge is 0.311 e. The Morgan fingerprint density at radius 2 is 2.12 bits per heavy atom. The first-order valence-corrected chi connectivity index (χ1v) is 6.65. The molecule has 0 saturated heterocycles. The van der Waals surface area contributed by atoms with Gasteiger partial charge in [0.2, 0.25) is 0 Å². The normalized spacial score (nSPS) is 16.2. The minimum atomic E-state index is 0.786. The van der Waals surface area contributed by atoms with E-state index in [-0.39, 0.29) is 0 Å². The third kappa shape index (κ3) is 3.51. The van der Waals surface area contributed by atoms with Crippen LogP contribution < -0.4 is 5.32 Å². The summed E-state index contributed by atoms with van der Waals surface area (Å²) in [7, 11) is 2.21. The molecule has 0 aromatic carbocycles. The molecule has 1 N–H and O–H groups in total. The molecule has 1 saturated carbocycles. The zero-order valence-corrected chi connectivity index (χ0v) is 10.9. The molecular formula is C14H23N3. The summed E-state index contributed by atoms with van der Waals surface area (Å²) in [5.41, 5.74) is 2.33. The zero-order chi connectivity index (χ0) is 12.1. The Hall–Kier alpha value is -0.930. The Bertz CT molecular complexity index is 347. The highest BCUT2D eigenvalue weighted by atomic mass is 15.1. The van der Waals surface area contributed by atoms with Crippen LogP contribution >= 0.6 is 0 Å². The van der Waals surface area contributed by atoms with Crippen molar-refractivity contribution in [1.82, 2.24) is 15.2 Å². The highest BCUT2D eigenvalue weighted by Gasteiger charge is 2.21. The smallest absolute Gasteiger partial charge is 0.0547 e. The Balaban J connectivity index is 1.90. The van der Waals surface area contributed by atoms with Crippen LogP contribution in [0.3, 0.4) is 0 Å². The van der Waals surface area contributed by atoms with Crippen LogP contribution in [0.25, 0.3) is 0 Å². The molecule has 1 aliphatic carbocycles. The molecule has 3 heteroatoms. The quantitative estimate of drug-likeness (QED) is 0.816. The van der Waals surface area contributed by atoms with Crippen molar-refractivity contribution < 1.29 is 0 Å². The molecule has 1 fully saturated rings. The van der Waals surface area contributed by atoms with Crippen molar-refractivity contribution in [3.8, 4) is 0 Å². The van der Waals surface area contributed by atoms with Crippen LogP contribution in [-0.4, -0.2) is 29.5 Å². The Labute approximate surface area is 104 Å². The van der Waals surface area contributed by atoms with E-state index in [1.807, 2.05) is 0 Å². The maximum atomic E-state index is 4.69. The van der Waals surface area contributed by atoms with Gasteiger partial charge in [0, 0.05) is 19.1 Å². The molecular weight excluding hydrogens is 210 g/mol. The monoisotopic (exact) mass is 233 g/mol. The van der Waals surface area contributed by atoms with Gasteiger partial charge in [0.25, 0.3) is 0 Å². The summed E-state index contributed by atoms with van der Waals surface area (Å²) in [6.07, 6.45) is 4.10. The van der Waals surface area contributed by atoms with Crippen molar-refractivity contribution in [2.75, 3.05) is 13.6 Å². The molecule has 0 unspecified atom stereocenters. The van der Waals surface area contributed by atoms with E-state index < -0.39 is 0 Å². The second-order valence-corrected chi connectivity index (χ2v) is 4.90. The van der Waals surface area contributed by atoms with E-state index >= 15 is 0 Å². The van der Waals surface area contributed by atoms with Gasteiger partial charge in [0.05, 0.1) is 11.4 Å². The van der Waals surface area contributed by atoms with Gasteiger partial charge >= 0.3 is 0 Å². The highest BCUT2D eigenvalue weighted by Crippen LogP contribution is 2.24. The topological polar surface area (TPSA) is 28.2 Å². The maximum Gasteiger partial charge on any atom is 0.0547 e. The zero-order valence-electron chi connectivity index (χ0n) is 10.9. The van der Waals surface area contributed by atoms with Gasteiger partial charge in [0.15, 0.2) is 0 Å². The predicted octanol–water partition coefficient (Wildman–Crippen LogP) is 2.18. The van der Waals surface area contributed by atoms with E-state index in [1.54, 1.807) is 0 Å². The molecule has 1 aliphatic rings. The average molecular weight is 233 g/mol. The SMILES string of the molecule is CCNCc1cccc(CN(C)C2CCC2)n1. The number of aromatic nitrogens is 1. The third-order valence-electron chi connectivity index (χ3n) is 3.53. The summed E-state index contributed by atoms with van der Waals surface area (Å²) in [4.78, 5) is 7.12. The van der Waals surface area contributed by atoms with Crippen LogP contribution in [0.1, 0.15) is 37.6 Å². The number of nitrogens with one attached hydrogen (secondary N) is 1. The minimum absolute atomic E-state index is 0.786. The summed E-state index contributed by atoms with van der Waals surface area (Å²) in [5.74, 6) is 0. The first-order chi connectivity index (χ1) is 8.29. The molecule has 1 aromatic heterocycles. The van der Waals surface area contributed by atoms with Crippen molar-refractivity contribution >= 4 is 0 Å². The lowest BCUT2D eigenvalue weighted by atomic mass is 9.92. The van der Waals surface area contributed by atoms with Gasteiger partial charge in [-0.05, 0) is 38.6 Å². The van der Waals surface area contributed by atoms with Crippen LogP contribution in [0, 0.1) is 0 Å². The van der Waals surface area contributed by atoms with Crippen molar-refractivity contribution in [2.24, 2.45) is 0 Å². The lowest BCUT2D eigenvalue weighted by Crippen LogP contribution is -2.36. The van der Waals surface area contributed by atoms with Crippen molar-refractivity contribution in [3.63, 3.8) is 0 Å². The van der Waals surface area contributed by atoms with Crippen LogP contribution in [0.5, 0.6) is 0 Å². The average Bonchev–Trinajstić information content (AvgIpc) is 2.24. The van der Waals surface area contributed by atoms with E-state index in [0.717, 1.165) is 31.4 Å². The van der Waals surface area contributed by atoms with Gasteiger partial charge in [0.1, 0.15) is 0 Å². The van der Waals surface area contributed by atoms with E-state index in [2.05, 4.69) is 47.4 Å². The molecule has 17 heavy (non-hydrogen) atoms. The molecule has 0 radical (unpaired) electrons. The van der Waals surface area contributed by atoms with Gasteiger partial charge in [-0.1, -0.05) is 19.4 Å². The lowest BCUT2D eigenvalue weighted by molar-refractivity contribution is 0.151. The first kappa shape index (κ1) is 12.5. The van der Waals surface area contributed by atoms with Crippen LogP contribution in [0.4, 0.5) is 0 Å². The summed E-state index contributed by atoms with van der Waals surface area (Å²) < 4.78 is 0. The van der Waals surface area contributed by atoms with Crippen LogP contribution in [0.15, 0.2) is 18.2 Å². The molecule has 94 valence electrons. The fraction of sp³-hybridized carbons (Fsp3) is 0.643. The maximum absolute atomic E-state index is 4.69. The molecule has 1 aromatic rings. The third-order valence-corrected chi connectivity index (χ3v) is 3.53. The summed E-state index contributed by atoms with van der Waals surface area (Å²) in [5, 5.41) is 3.31. The molecule has 1 heterocycles. The number of rotatable bonds is 6. The first-order valence-electron chi connectivity index (χ1n) is 6.65. The van der Waals surface area contributed by atoms with E-state index in [4.69, 9.17) is 0 Å². The molecule has 3 nitrogen and oxygen atoms in total. The van der Waals surface area contributed by atoms with Gasteiger partial charge in [-0.3, -0.25) is 9.88 Å². The Morgan fingerprint density at radius 1 is 1.35 bits per heavy atom. The highest BCUT2D eigenvalue weighted by molar-refractivity contribution is 5.11. The van der Waals surface area contributed by atoms with Crippen molar-refractivity contribution in [2.45, 2.75) is 45.3 Å². The van der Waals surface area contributed by atoms with Crippen LogP contribution in [-0.2, 0) is 13.1 Å². The van der Waals surface area contributed by atoms with Gasteiger partial charge in [-0.15, -0.1) is 0 Å². The predicted molar refractivity (Wildman–Crippen MR) is 70.7 cm³/mol. The second-order valence-electron chi connectivity index (χ2n) is 4.90. The summed E-state index contributed by atoms with van der Waals surface area (Å²) in [6, 6.07) is 7.12. The molecule has 0 amide bonds. The Kier molecular flexibility index (Phi) is 4.51. The van der Waals surface area contributed by atoms with Crippen LogP contribution in [0.2, 0.25) is 0 Å². The molecule has 0 atom stereocenters. The summed E-state index contributed by atoms with van der Waals surface area (Å²) in [6.45, 7) is 4.96. The Morgan fingerprint density at radius 3 is 2.76 bits per heavy atom. The number of pyridine rings is 1. The molecule has 2 rings (SSSR count). The molecule has 0 spiro atoms. The number of hydrogen-bond acceptors (Lipinski definition) is 3. The number of nitrogens with zero attached hydrogens (tertiary/aromatic N) is 2. The minimum Gasteiger partial charge on any atom is -0.311 e. The van der Waals surface area contributed by atoms with Crippen molar-refractivity contribution in [1.29, 1.82) is 0 Å². The second kappa shape index (κ2) is 6.12.